The molecule has 0 atom stereocenters. The first-order valence-electron chi connectivity index (χ1n) is 4.39. The van der Waals surface area contributed by atoms with E-state index in [-0.39, 0.29) is 17.2 Å². The molecule has 1 aromatic carbocycles. The lowest BCUT2D eigenvalue weighted by Gasteiger charge is -1.85. The highest BCUT2D eigenvalue weighted by Gasteiger charge is 2.02. The van der Waals surface area contributed by atoms with Gasteiger partial charge in [0.2, 0.25) is 15.3 Å². The molecular weight excluding hydrogens is 248 g/mol. The van der Waals surface area contributed by atoms with Crippen LogP contribution in [0.4, 0.5) is 5.69 Å². The smallest absolute Gasteiger partial charge is 0.269 e. The Balaban J connectivity index is 0.000000171. The lowest BCUT2D eigenvalue weighted by atomic mass is 10.3. The number of nitrogens with one attached hydrogen (secondary N) is 1. The van der Waals surface area contributed by atoms with Crippen LogP contribution in [0.2, 0.25) is 0 Å². The summed E-state index contributed by atoms with van der Waals surface area (Å²) in [6, 6.07) is 7.93. The summed E-state index contributed by atoms with van der Waals surface area (Å²) in [5.41, 5.74) is 2.52. The fraction of sp³-hybridized carbons (Fsp3) is 0.125. The van der Waals surface area contributed by atoms with E-state index in [1.54, 1.807) is 18.2 Å². The number of hydrogen-bond donors (Lipinski definition) is 1. The van der Waals surface area contributed by atoms with Gasteiger partial charge >= 0.3 is 0 Å². The molecule has 2 rings (SSSR count). The van der Waals surface area contributed by atoms with Gasteiger partial charge in [-0.1, -0.05) is 23.4 Å². The number of rotatable bonds is 1. The molecule has 0 bridgehead atoms. The Kier molecular flexibility index (Phi) is 4.76. The van der Waals surface area contributed by atoms with Crippen molar-refractivity contribution in [1.29, 1.82) is 0 Å². The van der Waals surface area contributed by atoms with Crippen molar-refractivity contribution < 1.29 is 13.3 Å². The first kappa shape index (κ1) is 12.8. The summed E-state index contributed by atoms with van der Waals surface area (Å²) in [6.07, 6.45) is 0. The molecule has 0 aromatic heterocycles. The van der Waals surface area contributed by atoms with Crippen LogP contribution in [0.25, 0.3) is 0 Å². The van der Waals surface area contributed by atoms with Gasteiger partial charge in [-0.25, -0.2) is 0 Å². The Morgan fingerprint density at radius 1 is 1.29 bits per heavy atom. The Labute approximate surface area is 97.6 Å². The van der Waals surface area contributed by atoms with Crippen LogP contribution in [0.5, 0.6) is 0 Å². The molecule has 0 spiro atoms. The van der Waals surface area contributed by atoms with E-state index in [1.807, 2.05) is 0 Å². The van der Waals surface area contributed by atoms with Crippen LogP contribution >= 0.6 is 0 Å². The second kappa shape index (κ2) is 6.33. The second-order valence-corrected chi connectivity index (χ2v) is 3.70. The fourth-order valence-corrected chi connectivity index (χ4v) is 1.16. The molecule has 0 radical (unpaired) electrons. The van der Waals surface area contributed by atoms with Gasteiger partial charge in [-0.05, 0) is 0 Å². The Morgan fingerprint density at radius 3 is 2.24 bits per heavy atom. The van der Waals surface area contributed by atoms with Crippen molar-refractivity contribution in [2.45, 2.75) is 0 Å². The van der Waals surface area contributed by atoms with E-state index >= 15 is 0 Å². The standard InChI is InChI=1S/C6H5NO2.C2H3N3O2S/c8-7(9)6-4-2-1-3-5-6;6-8(7)2-1-3-5-4-2/h1-5H;1H2,(H,3,4). The Bertz CT molecular complexity index is 544. The predicted octanol–water partition coefficient (Wildman–Crippen LogP) is 0.561. The second-order valence-electron chi connectivity index (χ2n) is 2.76. The van der Waals surface area contributed by atoms with E-state index in [1.165, 1.54) is 12.1 Å². The number of nitro benzene ring substituents is 1. The summed E-state index contributed by atoms with van der Waals surface area (Å²) in [5, 5.41) is 16.5. The molecule has 9 heteroatoms. The predicted molar refractivity (Wildman–Crippen MR) is 59.9 cm³/mol. The van der Waals surface area contributed by atoms with Crippen LogP contribution in [0.3, 0.4) is 0 Å². The van der Waals surface area contributed by atoms with Gasteiger partial charge in [-0.2, -0.15) is 8.42 Å². The first-order chi connectivity index (χ1) is 8.11. The van der Waals surface area contributed by atoms with E-state index < -0.39 is 15.2 Å². The van der Waals surface area contributed by atoms with Crippen molar-refractivity contribution >= 4 is 21.0 Å². The summed E-state index contributed by atoms with van der Waals surface area (Å²) in [6.45, 7) is 0.218. The third-order valence-corrected chi connectivity index (χ3v) is 2.23. The minimum atomic E-state index is -2.20. The number of benzene rings is 1. The third-order valence-electron chi connectivity index (χ3n) is 1.62. The van der Waals surface area contributed by atoms with Gasteiger partial charge < -0.3 is 0 Å². The van der Waals surface area contributed by atoms with E-state index in [9.17, 15) is 18.5 Å². The molecule has 1 N–H and O–H groups in total. The summed E-state index contributed by atoms with van der Waals surface area (Å²) >= 11 is 0. The lowest BCUT2D eigenvalue weighted by molar-refractivity contribution is -0.384. The number of non-ortho nitro benzene ring substituents is 1. The maximum atomic E-state index is 10.0. The molecule has 0 saturated carbocycles. The monoisotopic (exact) mass is 256 g/mol. The molecule has 1 aliphatic heterocycles. The molecule has 0 aliphatic carbocycles. The van der Waals surface area contributed by atoms with Crippen LogP contribution in [0, 0.1) is 10.1 Å². The number of para-hydroxylation sites is 1. The molecule has 0 saturated heterocycles. The maximum absolute atomic E-state index is 10.0. The van der Waals surface area contributed by atoms with E-state index in [4.69, 9.17) is 0 Å². The van der Waals surface area contributed by atoms with Gasteiger partial charge in [0.25, 0.3) is 5.69 Å². The molecule has 0 amide bonds. The molecule has 1 aromatic rings. The van der Waals surface area contributed by atoms with Crippen LogP contribution in [-0.4, -0.2) is 24.9 Å². The molecular formula is C8H8N4O4S. The van der Waals surface area contributed by atoms with Crippen molar-refractivity contribution in [1.82, 2.24) is 5.43 Å². The maximum Gasteiger partial charge on any atom is 0.269 e. The quantitative estimate of drug-likeness (QED) is 0.448. The summed E-state index contributed by atoms with van der Waals surface area (Å²) in [5.74, 6) is 0. The van der Waals surface area contributed by atoms with Crippen molar-refractivity contribution in [2.24, 2.45) is 10.3 Å². The average molecular weight is 256 g/mol. The molecule has 17 heavy (non-hydrogen) atoms. The van der Waals surface area contributed by atoms with Crippen LogP contribution in [-0.2, 0) is 10.3 Å². The highest BCUT2D eigenvalue weighted by atomic mass is 32.2. The highest BCUT2D eigenvalue weighted by molar-refractivity contribution is 7.73. The zero-order valence-corrected chi connectivity index (χ0v) is 9.29. The molecule has 1 aliphatic rings. The largest absolute Gasteiger partial charge is 0.284 e. The molecule has 8 nitrogen and oxygen atoms in total. The fourth-order valence-electron chi connectivity index (χ4n) is 0.871. The molecule has 0 fully saturated rings. The molecule has 0 unspecified atom stereocenters. The number of nitro groups is 1. The van der Waals surface area contributed by atoms with Crippen molar-refractivity contribution in [2.75, 3.05) is 6.54 Å². The minimum absolute atomic E-state index is 0.0602. The van der Waals surface area contributed by atoms with Gasteiger partial charge in [0, 0.05) is 12.1 Å². The van der Waals surface area contributed by atoms with Crippen molar-refractivity contribution in [3.63, 3.8) is 0 Å². The van der Waals surface area contributed by atoms with E-state index in [2.05, 4.69) is 15.8 Å². The summed E-state index contributed by atoms with van der Waals surface area (Å²) in [4.78, 5) is 9.65. The average Bonchev–Trinajstić information content (AvgIpc) is 2.84. The lowest BCUT2D eigenvalue weighted by Crippen LogP contribution is -2.07. The van der Waals surface area contributed by atoms with Crippen LogP contribution in [0.15, 0.2) is 40.7 Å². The number of nitrogens with zero attached hydrogens (tertiary/aromatic N) is 3. The van der Waals surface area contributed by atoms with Gasteiger partial charge in [0.15, 0.2) is 0 Å². The zero-order valence-electron chi connectivity index (χ0n) is 8.48. The minimum Gasteiger partial charge on any atom is -0.284 e. The zero-order chi connectivity index (χ0) is 12.7. The van der Waals surface area contributed by atoms with E-state index in [0.29, 0.717) is 0 Å². The molecule has 90 valence electrons. The van der Waals surface area contributed by atoms with Crippen LogP contribution < -0.4 is 5.43 Å². The van der Waals surface area contributed by atoms with Gasteiger partial charge in [-0.3, -0.25) is 15.5 Å². The Morgan fingerprint density at radius 2 is 1.94 bits per heavy atom. The van der Waals surface area contributed by atoms with Crippen molar-refractivity contribution in [3.05, 3.63) is 40.4 Å². The van der Waals surface area contributed by atoms with Crippen molar-refractivity contribution in [3.8, 4) is 0 Å². The van der Waals surface area contributed by atoms with Gasteiger partial charge in [0.05, 0.1) is 11.5 Å². The van der Waals surface area contributed by atoms with Gasteiger partial charge in [0.1, 0.15) is 0 Å². The van der Waals surface area contributed by atoms with Crippen LogP contribution in [0.1, 0.15) is 0 Å². The highest BCUT2D eigenvalue weighted by Crippen LogP contribution is 2.06. The first-order valence-corrected chi connectivity index (χ1v) is 5.47. The summed E-state index contributed by atoms with van der Waals surface area (Å²) in [7, 11) is -2.20. The SMILES string of the molecule is O=S(=O)=C1CNN=N1.O=[N+]([O-])c1ccccc1. The third kappa shape index (κ3) is 4.38. The normalized spacial score (nSPS) is 12.4. The number of hydrogen-bond acceptors (Lipinski definition) is 6. The summed E-state index contributed by atoms with van der Waals surface area (Å²) < 4.78 is 19.9. The van der Waals surface area contributed by atoms with E-state index in [0.717, 1.165) is 0 Å². The van der Waals surface area contributed by atoms with Gasteiger partial charge in [-0.15, -0.1) is 5.11 Å². The topological polar surface area (TPSA) is 114 Å². The Hall–Kier alpha value is -2.29. The molecule has 1 heterocycles.